The molecule has 0 spiro atoms. The summed E-state index contributed by atoms with van der Waals surface area (Å²) in [5.41, 5.74) is 7.95. The van der Waals surface area contributed by atoms with Crippen molar-refractivity contribution in [1.82, 2.24) is 0 Å². The van der Waals surface area contributed by atoms with E-state index >= 15 is 0 Å². The highest BCUT2D eigenvalue weighted by molar-refractivity contribution is 6.38. The highest BCUT2D eigenvalue weighted by atomic mass is 14.2. The number of rotatable bonds is 2. The lowest BCUT2D eigenvalue weighted by molar-refractivity contribution is 0.590. The number of fused-ring (bicyclic) bond motifs is 10. The molecular formula is C54H42. The van der Waals surface area contributed by atoms with E-state index in [2.05, 4.69) is 187 Å². The first-order chi connectivity index (χ1) is 26.0. The molecule has 0 aliphatic carbocycles. The van der Waals surface area contributed by atoms with Crippen LogP contribution >= 0.6 is 0 Å². The van der Waals surface area contributed by atoms with Gasteiger partial charge in [-0.25, -0.2) is 0 Å². The summed E-state index contributed by atoms with van der Waals surface area (Å²) in [5, 5.41) is 21.4. The maximum atomic E-state index is 2.49. The summed E-state index contributed by atoms with van der Waals surface area (Å²) in [7, 11) is 0. The zero-order valence-corrected chi connectivity index (χ0v) is 31.9. The van der Waals surface area contributed by atoms with Crippen molar-refractivity contribution in [2.75, 3.05) is 0 Å². The Morgan fingerprint density at radius 2 is 0.796 bits per heavy atom. The van der Waals surface area contributed by atoms with E-state index in [4.69, 9.17) is 0 Å². The molecule has 0 heterocycles. The number of hydrogen-bond donors (Lipinski definition) is 0. The minimum atomic E-state index is 0.0419. The quantitative estimate of drug-likeness (QED) is 0.158. The summed E-state index contributed by atoms with van der Waals surface area (Å²) in [6, 6.07) is 56.0. The van der Waals surface area contributed by atoms with Crippen LogP contribution in [0.4, 0.5) is 0 Å². The molecule has 11 rings (SSSR count). The van der Waals surface area contributed by atoms with E-state index in [1.54, 1.807) is 0 Å². The molecule has 0 nitrogen and oxygen atoms in total. The minimum absolute atomic E-state index is 0.0419. The Morgan fingerprint density at radius 1 is 0.278 bits per heavy atom. The van der Waals surface area contributed by atoms with Crippen LogP contribution in [0.15, 0.2) is 146 Å². The molecular weight excluding hydrogens is 649 g/mol. The van der Waals surface area contributed by atoms with E-state index < -0.39 is 0 Å². The normalized spacial score (nSPS) is 13.0. The second-order valence-corrected chi connectivity index (χ2v) is 17.7. The highest BCUT2D eigenvalue weighted by Gasteiger charge is 2.21. The molecule has 0 fully saturated rings. The van der Waals surface area contributed by atoms with Crippen molar-refractivity contribution in [3.8, 4) is 22.3 Å². The van der Waals surface area contributed by atoms with Gasteiger partial charge in [0.25, 0.3) is 0 Å². The average Bonchev–Trinajstić information content (AvgIpc) is 3.66. The highest BCUT2D eigenvalue weighted by Crippen LogP contribution is 2.47. The zero-order valence-electron chi connectivity index (χ0n) is 31.9. The molecule has 0 aliphatic rings. The second kappa shape index (κ2) is 10.8. The second-order valence-electron chi connectivity index (χ2n) is 17.7. The summed E-state index contributed by atoms with van der Waals surface area (Å²) in [5.74, 6) is 0. The summed E-state index contributed by atoms with van der Waals surface area (Å²) >= 11 is 0. The van der Waals surface area contributed by atoms with Crippen LogP contribution in [-0.4, -0.2) is 0 Å². The molecule has 0 unspecified atom stereocenters. The molecule has 0 saturated carbocycles. The standard InChI is InChI=1S/C54H42/c1-53(2,3)35-20-16-31(17-21-35)37-25-22-36(54(4,5)6)28-44(37)33-19-24-39-46(26-33)43-15-9-14-40-38-23-18-34-27-47-41-12-7-10-32-11-8-13-42(51(32)41)49(47)29-45(34)48(38)30-50(39)52(40)43/h7-30H,1-6H3. The van der Waals surface area contributed by atoms with Crippen LogP contribution in [0, 0.1) is 0 Å². The summed E-state index contributed by atoms with van der Waals surface area (Å²) < 4.78 is 0. The van der Waals surface area contributed by atoms with Gasteiger partial charge in [0.05, 0.1) is 0 Å². The van der Waals surface area contributed by atoms with Crippen molar-refractivity contribution < 1.29 is 0 Å². The Balaban J connectivity index is 1.16. The Labute approximate surface area is 316 Å². The molecule has 11 aromatic carbocycles. The van der Waals surface area contributed by atoms with Crippen LogP contribution in [0.1, 0.15) is 52.7 Å². The van der Waals surface area contributed by atoms with Gasteiger partial charge in [0.1, 0.15) is 0 Å². The van der Waals surface area contributed by atoms with E-state index in [9.17, 15) is 0 Å². The van der Waals surface area contributed by atoms with Gasteiger partial charge in [0.2, 0.25) is 0 Å². The van der Waals surface area contributed by atoms with Crippen LogP contribution in [0.3, 0.4) is 0 Å². The summed E-state index contributed by atoms with van der Waals surface area (Å²) in [4.78, 5) is 0. The van der Waals surface area contributed by atoms with Crippen molar-refractivity contribution in [2.24, 2.45) is 0 Å². The molecule has 0 radical (unpaired) electrons. The van der Waals surface area contributed by atoms with Gasteiger partial charge in [-0.2, -0.15) is 0 Å². The molecule has 0 heteroatoms. The minimum Gasteiger partial charge on any atom is -0.0610 e. The Hall–Kier alpha value is -5.98. The maximum absolute atomic E-state index is 2.49. The molecule has 0 aliphatic heterocycles. The predicted octanol–water partition coefficient (Wildman–Crippen LogP) is 15.7. The molecule has 0 aromatic heterocycles. The fraction of sp³-hybridized carbons (Fsp3) is 0.148. The summed E-state index contributed by atoms with van der Waals surface area (Å²) in [6.07, 6.45) is 0. The van der Waals surface area contributed by atoms with Crippen molar-refractivity contribution in [3.63, 3.8) is 0 Å². The molecule has 0 amide bonds. The monoisotopic (exact) mass is 690 g/mol. The van der Waals surface area contributed by atoms with Gasteiger partial charge in [-0.15, -0.1) is 0 Å². The maximum Gasteiger partial charge on any atom is -0.00199 e. The first kappa shape index (κ1) is 31.5. The fourth-order valence-electron chi connectivity index (χ4n) is 9.56. The molecule has 11 aromatic rings. The third-order valence-corrected chi connectivity index (χ3v) is 12.5. The summed E-state index contributed by atoms with van der Waals surface area (Å²) in [6.45, 7) is 13.8. The first-order valence-corrected chi connectivity index (χ1v) is 19.4. The van der Waals surface area contributed by atoms with Gasteiger partial charge in [-0.1, -0.05) is 163 Å². The Morgan fingerprint density at radius 3 is 1.50 bits per heavy atom. The topological polar surface area (TPSA) is 0 Å². The number of benzene rings is 9. The van der Waals surface area contributed by atoms with E-state index in [0.29, 0.717) is 0 Å². The van der Waals surface area contributed by atoms with Crippen LogP contribution in [0.2, 0.25) is 0 Å². The van der Waals surface area contributed by atoms with Crippen molar-refractivity contribution in [3.05, 3.63) is 157 Å². The van der Waals surface area contributed by atoms with E-state index in [0.717, 1.165) is 0 Å². The molecule has 258 valence electrons. The first-order valence-electron chi connectivity index (χ1n) is 19.4. The van der Waals surface area contributed by atoms with Gasteiger partial charge < -0.3 is 0 Å². The van der Waals surface area contributed by atoms with E-state index in [1.807, 2.05) is 0 Å². The van der Waals surface area contributed by atoms with E-state index in [1.165, 1.54) is 120 Å². The van der Waals surface area contributed by atoms with Crippen molar-refractivity contribution >= 4 is 86.2 Å². The van der Waals surface area contributed by atoms with Gasteiger partial charge in [-0.05, 0) is 155 Å². The molecule has 54 heavy (non-hydrogen) atoms. The fourth-order valence-corrected chi connectivity index (χ4v) is 9.56. The van der Waals surface area contributed by atoms with Crippen LogP contribution in [0.25, 0.3) is 108 Å². The third-order valence-electron chi connectivity index (χ3n) is 12.5. The van der Waals surface area contributed by atoms with Crippen LogP contribution in [-0.2, 0) is 10.8 Å². The Kier molecular flexibility index (Phi) is 6.31. The molecule has 0 bridgehead atoms. The smallest absolute Gasteiger partial charge is 0.00199 e. The van der Waals surface area contributed by atoms with Gasteiger partial charge in [0, 0.05) is 0 Å². The van der Waals surface area contributed by atoms with Crippen molar-refractivity contribution in [1.29, 1.82) is 0 Å². The molecule has 0 atom stereocenters. The van der Waals surface area contributed by atoms with Gasteiger partial charge in [0.15, 0.2) is 0 Å². The number of hydrogen-bond acceptors (Lipinski definition) is 0. The third kappa shape index (κ3) is 4.44. The SMILES string of the molecule is CC(C)(C)c1ccc(-c2ccc(C(C)(C)C)cc2-c2ccc3c(c2)c2cccc4c5ccc6cc7c(cc6c5cc3c42)c2cccc3cccc7c32)cc1. The lowest BCUT2D eigenvalue weighted by atomic mass is 9.82. The van der Waals surface area contributed by atoms with Crippen LogP contribution < -0.4 is 0 Å². The Bertz CT molecular complexity index is 3300. The van der Waals surface area contributed by atoms with Crippen molar-refractivity contribution in [2.45, 2.75) is 52.4 Å². The molecule has 0 N–H and O–H groups in total. The van der Waals surface area contributed by atoms with E-state index in [-0.39, 0.29) is 10.8 Å². The lowest BCUT2D eigenvalue weighted by Crippen LogP contribution is -2.11. The van der Waals surface area contributed by atoms with Gasteiger partial charge >= 0.3 is 0 Å². The zero-order chi connectivity index (χ0) is 36.7. The predicted molar refractivity (Wildman–Crippen MR) is 237 cm³/mol. The van der Waals surface area contributed by atoms with Crippen LogP contribution in [0.5, 0.6) is 0 Å². The molecule has 0 saturated heterocycles. The average molecular weight is 691 g/mol. The largest absolute Gasteiger partial charge is 0.0610 e. The van der Waals surface area contributed by atoms with Gasteiger partial charge in [-0.3, -0.25) is 0 Å². The lowest BCUT2D eigenvalue weighted by Gasteiger charge is -2.23.